The molecule has 2 aromatic rings. The molecule has 0 bridgehead atoms. The lowest BCUT2D eigenvalue weighted by atomic mass is 10.1. The maximum atomic E-state index is 6.28. The highest BCUT2D eigenvalue weighted by molar-refractivity contribution is 6.31. The van der Waals surface area contributed by atoms with Crippen molar-refractivity contribution in [3.63, 3.8) is 0 Å². The second-order valence-electron chi connectivity index (χ2n) is 4.65. The SMILES string of the molecule is CCCNC(COc1ccccc1)c1ccccc1Cl. The predicted octanol–water partition coefficient (Wildman–Crippen LogP) is 4.46. The van der Waals surface area contributed by atoms with Gasteiger partial charge >= 0.3 is 0 Å². The van der Waals surface area contributed by atoms with Gasteiger partial charge in [-0.2, -0.15) is 0 Å². The van der Waals surface area contributed by atoms with Crippen molar-refractivity contribution >= 4 is 11.6 Å². The van der Waals surface area contributed by atoms with E-state index in [0.29, 0.717) is 6.61 Å². The molecule has 0 saturated carbocycles. The van der Waals surface area contributed by atoms with Gasteiger partial charge in [0.15, 0.2) is 0 Å². The van der Waals surface area contributed by atoms with Crippen molar-refractivity contribution in [1.29, 1.82) is 0 Å². The Morgan fingerprint density at radius 3 is 2.45 bits per heavy atom. The van der Waals surface area contributed by atoms with E-state index >= 15 is 0 Å². The first-order valence-electron chi connectivity index (χ1n) is 6.97. The van der Waals surface area contributed by atoms with Crippen LogP contribution in [0.25, 0.3) is 0 Å². The van der Waals surface area contributed by atoms with Crippen molar-refractivity contribution in [2.45, 2.75) is 19.4 Å². The molecule has 2 nitrogen and oxygen atoms in total. The Labute approximate surface area is 125 Å². The Balaban J connectivity index is 2.06. The Kier molecular flexibility index (Phi) is 5.90. The van der Waals surface area contributed by atoms with Crippen LogP contribution < -0.4 is 10.1 Å². The van der Waals surface area contributed by atoms with E-state index in [2.05, 4.69) is 12.2 Å². The highest BCUT2D eigenvalue weighted by Crippen LogP contribution is 2.23. The molecule has 1 atom stereocenters. The van der Waals surface area contributed by atoms with E-state index in [0.717, 1.165) is 29.3 Å². The second-order valence-corrected chi connectivity index (χ2v) is 5.06. The summed E-state index contributed by atoms with van der Waals surface area (Å²) >= 11 is 6.28. The van der Waals surface area contributed by atoms with Crippen LogP contribution in [0.15, 0.2) is 54.6 Å². The summed E-state index contributed by atoms with van der Waals surface area (Å²) in [5.41, 5.74) is 1.08. The second kappa shape index (κ2) is 7.93. The lowest BCUT2D eigenvalue weighted by Crippen LogP contribution is -2.27. The van der Waals surface area contributed by atoms with E-state index < -0.39 is 0 Å². The molecule has 2 rings (SSSR count). The molecule has 0 heterocycles. The number of benzene rings is 2. The summed E-state index contributed by atoms with van der Waals surface area (Å²) in [6, 6.07) is 17.9. The first-order valence-corrected chi connectivity index (χ1v) is 7.34. The van der Waals surface area contributed by atoms with Crippen LogP contribution in [0.3, 0.4) is 0 Å². The largest absolute Gasteiger partial charge is 0.492 e. The summed E-state index contributed by atoms with van der Waals surface area (Å²) < 4.78 is 5.85. The minimum atomic E-state index is 0.101. The molecule has 0 saturated heterocycles. The van der Waals surface area contributed by atoms with Crippen molar-refractivity contribution in [3.05, 3.63) is 65.2 Å². The zero-order valence-corrected chi connectivity index (χ0v) is 12.4. The van der Waals surface area contributed by atoms with Gasteiger partial charge in [-0.1, -0.05) is 54.9 Å². The Hall–Kier alpha value is -1.51. The van der Waals surface area contributed by atoms with Crippen molar-refractivity contribution in [1.82, 2.24) is 5.32 Å². The molecule has 1 unspecified atom stereocenters. The highest BCUT2D eigenvalue weighted by Gasteiger charge is 2.14. The van der Waals surface area contributed by atoms with Crippen molar-refractivity contribution in [2.75, 3.05) is 13.2 Å². The van der Waals surface area contributed by atoms with Crippen molar-refractivity contribution in [3.8, 4) is 5.75 Å². The quantitative estimate of drug-likeness (QED) is 0.812. The van der Waals surface area contributed by atoms with Crippen LogP contribution in [0.2, 0.25) is 5.02 Å². The normalized spacial score (nSPS) is 12.1. The van der Waals surface area contributed by atoms with Crippen LogP contribution in [-0.4, -0.2) is 13.2 Å². The minimum absolute atomic E-state index is 0.101. The number of nitrogens with one attached hydrogen (secondary N) is 1. The molecule has 20 heavy (non-hydrogen) atoms. The first-order chi connectivity index (χ1) is 9.81. The molecular weight excluding hydrogens is 270 g/mol. The van der Waals surface area contributed by atoms with Gasteiger partial charge < -0.3 is 10.1 Å². The monoisotopic (exact) mass is 289 g/mol. The third-order valence-corrected chi connectivity index (χ3v) is 3.43. The summed E-state index contributed by atoms with van der Waals surface area (Å²) in [5, 5.41) is 4.26. The van der Waals surface area contributed by atoms with Crippen molar-refractivity contribution < 1.29 is 4.74 Å². The predicted molar refractivity (Wildman–Crippen MR) is 84.4 cm³/mol. The number of ether oxygens (including phenoxy) is 1. The number of hydrogen-bond acceptors (Lipinski definition) is 2. The summed E-state index contributed by atoms with van der Waals surface area (Å²) in [4.78, 5) is 0. The van der Waals surface area contributed by atoms with E-state index in [1.54, 1.807) is 0 Å². The molecular formula is C17H20ClNO. The molecule has 0 fully saturated rings. The van der Waals surface area contributed by atoms with Crippen LogP contribution in [0, 0.1) is 0 Å². The van der Waals surface area contributed by atoms with Gasteiger partial charge in [0.25, 0.3) is 0 Å². The van der Waals surface area contributed by atoms with Gasteiger partial charge in [0, 0.05) is 5.02 Å². The maximum absolute atomic E-state index is 6.28. The standard InChI is InChI=1S/C17H20ClNO/c1-2-12-19-17(15-10-6-7-11-16(15)18)13-20-14-8-4-3-5-9-14/h3-11,17,19H,2,12-13H2,1H3. The van der Waals surface area contributed by atoms with E-state index in [4.69, 9.17) is 16.3 Å². The average molecular weight is 290 g/mol. The Morgan fingerprint density at radius 1 is 1.05 bits per heavy atom. The number of halogens is 1. The van der Waals surface area contributed by atoms with Crippen LogP contribution in [0.1, 0.15) is 24.9 Å². The third kappa shape index (κ3) is 4.26. The lowest BCUT2D eigenvalue weighted by molar-refractivity contribution is 0.266. The topological polar surface area (TPSA) is 21.3 Å². The Bertz CT molecular complexity index is 515. The molecule has 106 valence electrons. The van der Waals surface area contributed by atoms with Gasteiger partial charge in [-0.05, 0) is 36.7 Å². The molecule has 0 amide bonds. The molecule has 0 spiro atoms. The van der Waals surface area contributed by atoms with Gasteiger partial charge in [0.1, 0.15) is 12.4 Å². The van der Waals surface area contributed by atoms with E-state index in [9.17, 15) is 0 Å². The molecule has 0 aliphatic rings. The van der Waals surface area contributed by atoms with Crippen LogP contribution in [0.5, 0.6) is 5.75 Å². The number of rotatable bonds is 7. The zero-order chi connectivity index (χ0) is 14.2. The first kappa shape index (κ1) is 14.9. The van der Waals surface area contributed by atoms with Gasteiger partial charge in [-0.3, -0.25) is 0 Å². The fourth-order valence-corrected chi connectivity index (χ4v) is 2.30. The van der Waals surface area contributed by atoms with Gasteiger partial charge in [0.2, 0.25) is 0 Å². The van der Waals surface area contributed by atoms with Gasteiger partial charge in [-0.25, -0.2) is 0 Å². The van der Waals surface area contributed by atoms with E-state index in [-0.39, 0.29) is 6.04 Å². The molecule has 2 aromatic carbocycles. The lowest BCUT2D eigenvalue weighted by Gasteiger charge is -2.20. The van der Waals surface area contributed by atoms with Crippen LogP contribution >= 0.6 is 11.6 Å². The maximum Gasteiger partial charge on any atom is 0.119 e. The molecule has 0 aliphatic carbocycles. The third-order valence-electron chi connectivity index (χ3n) is 3.08. The molecule has 1 N–H and O–H groups in total. The average Bonchev–Trinajstić information content (AvgIpc) is 2.49. The fraction of sp³-hybridized carbons (Fsp3) is 0.294. The summed E-state index contributed by atoms with van der Waals surface area (Å²) in [7, 11) is 0. The highest BCUT2D eigenvalue weighted by atomic mass is 35.5. The minimum Gasteiger partial charge on any atom is -0.492 e. The van der Waals surface area contributed by atoms with Crippen LogP contribution in [-0.2, 0) is 0 Å². The molecule has 0 aliphatic heterocycles. The van der Waals surface area contributed by atoms with E-state index in [1.807, 2.05) is 54.6 Å². The summed E-state index contributed by atoms with van der Waals surface area (Å²) in [6.07, 6.45) is 1.08. The summed E-state index contributed by atoms with van der Waals surface area (Å²) in [6.45, 7) is 3.65. The molecule has 0 aromatic heterocycles. The smallest absolute Gasteiger partial charge is 0.119 e. The molecule has 3 heteroatoms. The fourth-order valence-electron chi connectivity index (χ4n) is 2.03. The van der Waals surface area contributed by atoms with E-state index in [1.165, 1.54) is 0 Å². The molecule has 0 radical (unpaired) electrons. The number of para-hydroxylation sites is 1. The summed E-state index contributed by atoms with van der Waals surface area (Å²) in [5.74, 6) is 0.878. The Morgan fingerprint density at radius 2 is 1.75 bits per heavy atom. The van der Waals surface area contributed by atoms with Gasteiger partial charge in [-0.15, -0.1) is 0 Å². The van der Waals surface area contributed by atoms with Crippen LogP contribution in [0.4, 0.5) is 0 Å². The zero-order valence-electron chi connectivity index (χ0n) is 11.7. The number of hydrogen-bond donors (Lipinski definition) is 1. The van der Waals surface area contributed by atoms with Crippen molar-refractivity contribution in [2.24, 2.45) is 0 Å². The van der Waals surface area contributed by atoms with Gasteiger partial charge in [0.05, 0.1) is 6.04 Å².